The van der Waals surface area contributed by atoms with Crippen LogP contribution in [0.2, 0.25) is 0 Å². The summed E-state index contributed by atoms with van der Waals surface area (Å²) in [6, 6.07) is 3.58. The Morgan fingerprint density at radius 3 is 2.95 bits per heavy atom. The van der Waals surface area contributed by atoms with Gasteiger partial charge >= 0.3 is 0 Å². The molecular formula is C12H21N3O2S2. The van der Waals surface area contributed by atoms with Gasteiger partial charge in [0.1, 0.15) is 4.21 Å². The van der Waals surface area contributed by atoms with Gasteiger partial charge in [-0.15, -0.1) is 11.3 Å². The van der Waals surface area contributed by atoms with Crippen molar-refractivity contribution in [3.63, 3.8) is 0 Å². The van der Waals surface area contributed by atoms with Crippen molar-refractivity contribution in [3.8, 4) is 0 Å². The van der Waals surface area contributed by atoms with Crippen LogP contribution in [0.1, 0.15) is 17.7 Å². The third-order valence-corrected chi connectivity index (χ3v) is 6.30. The maximum atomic E-state index is 12.3. The number of thiophene rings is 1. The molecule has 2 rings (SSSR count). The maximum Gasteiger partial charge on any atom is 0.250 e. The maximum absolute atomic E-state index is 12.3. The summed E-state index contributed by atoms with van der Waals surface area (Å²) >= 11 is 1.33. The molecule has 19 heavy (non-hydrogen) atoms. The molecule has 2 heterocycles. The first-order chi connectivity index (χ1) is 9.01. The number of rotatable bonds is 5. The van der Waals surface area contributed by atoms with Gasteiger partial charge in [-0.25, -0.2) is 13.1 Å². The molecule has 1 aromatic rings. The Bertz CT molecular complexity index is 513. The summed E-state index contributed by atoms with van der Waals surface area (Å²) in [5.74, 6) is 0. The van der Waals surface area contributed by atoms with Gasteiger partial charge in [-0.3, -0.25) is 0 Å². The van der Waals surface area contributed by atoms with E-state index in [2.05, 4.69) is 14.9 Å². The van der Waals surface area contributed by atoms with Crippen LogP contribution in [-0.4, -0.2) is 46.5 Å². The Hall–Kier alpha value is -0.470. The van der Waals surface area contributed by atoms with Crippen LogP contribution in [0, 0.1) is 0 Å². The van der Waals surface area contributed by atoms with Crippen LogP contribution < -0.4 is 10.0 Å². The zero-order chi connectivity index (χ0) is 13.9. The second-order valence-corrected chi connectivity index (χ2v) is 8.08. The molecule has 1 aromatic heterocycles. The normalized spacial score (nSPS) is 21.7. The van der Waals surface area contributed by atoms with E-state index in [1.807, 2.05) is 20.2 Å². The van der Waals surface area contributed by atoms with E-state index in [4.69, 9.17) is 0 Å². The van der Waals surface area contributed by atoms with Crippen molar-refractivity contribution in [3.05, 3.63) is 17.0 Å². The first-order valence-electron chi connectivity index (χ1n) is 6.45. The Kier molecular flexibility index (Phi) is 4.97. The summed E-state index contributed by atoms with van der Waals surface area (Å²) < 4.78 is 27.8. The molecule has 0 radical (unpaired) electrons. The molecule has 1 unspecified atom stereocenters. The van der Waals surface area contributed by atoms with E-state index in [1.54, 1.807) is 6.07 Å². The number of nitrogens with zero attached hydrogens (tertiary/aromatic N) is 1. The average molecular weight is 303 g/mol. The van der Waals surface area contributed by atoms with Crippen LogP contribution in [-0.2, 0) is 16.6 Å². The third kappa shape index (κ3) is 4.00. The van der Waals surface area contributed by atoms with E-state index in [9.17, 15) is 8.42 Å². The van der Waals surface area contributed by atoms with Crippen molar-refractivity contribution in [1.82, 2.24) is 14.9 Å². The number of hydrogen-bond acceptors (Lipinski definition) is 5. The van der Waals surface area contributed by atoms with Crippen LogP contribution >= 0.6 is 11.3 Å². The van der Waals surface area contributed by atoms with E-state index in [-0.39, 0.29) is 6.04 Å². The molecule has 1 atom stereocenters. The molecule has 2 N–H and O–H groups in total. The molecule has 1 fully saturated rings. The van der Waals surface area contributed by atoms with E-state index < -0.39 is 10.0 Å². The summed E-state index contributed by atoms with van der Waals surface area (Å²) in [7, 11) is 0.509. The van der Waals surface area contributed by atoms with Gasteiger partial charge in [-0.2, -0.15) is 0 Å². The van der Waals surface area contributed by atoms with Gasteiger partial charge in [0.15, 0.2) is 0 Å². The molecule has 5 nitrogen and oxygen atoms in total. The average Bonchev–Trinajstić information content (AvgIpc) is 2.78. The van der Waals surface area contributed by atoms with Gasteiger partial charge in [-0.1, -0.05) is 0 Å². The third-order valence-electron chi connectivity index (χ3n) is 3.20. The number of piperidine rings is 1. The van der Waals surface area contributed by atoms with Crippen molar-refractivity contribution in [2.75, 3.05) is 27.2 Å². The van der Waals surface area contributed by atoms with Crippen molar-refractivity contribution in [2.45, 2.75) is 29.6 Å². The van der Waals surface area contributed by atoms with Crippen molar-refractivity contribution < 1.29 is 8.42 Å². The zero-order valence-corrected chi connectivity index (χ0v) is 13.0. The van der Waals surface area contributed by atoms with E-state index >= 15 is 0 Å². The molecular weight excluding hydrogens is 282 g/mol. The number of likely N-dealkylation sites (N-methyl/N-ethyl adjacent to an activating group) is 1. The lowest BCUT2D eigenvalue weighted by atomic mass is 10.1. The van der Waals surface area contributed by atoms with Gasteiger partial charge in [-0.05, 0) is 45.6 Å². The van der Waals surface area contributed by atoms with Gasteiger partial charge in [0.25, 0.3) is 0 Å². The standard InChI is InChI=1S/C12H21N3O2S2/c1-13-8-11-5-6-12(18-11)19(16,17)14-10-4-3-7-15(2)9-10/h5-6,10,13-14H,3-4,7-9H2,1-2H3. The quantitative estimate of drug-likeness (QED) is 0.846. The van der Waals surface area contributed by atoms with Crippen molar-refractivity contribution in [2.24, 2.45) is 0 Å². The van der Waals surface area contributed by atoms with E-state index in [0.29, 0.717) is 10.8 Å². The molecule has 7 heteroatoms. The van der Waals surface area contributed by atoms with Gasteiger partial charge in [0.05, 0.1) is 0 Å². The highest BCUT2D eigenvalue weighted by Crippen LogP contribution is 2.22. The first-order valence-corrected chi connectivity index (χ1v) is 8.75. The molecule has 1 aliphatic rings. The molecule has 0 aromatic carbocycles. The Morgan fingerprint density at radius 2 is 2.26 bits per heavy atom. The molecule has 108 valence electrons. The first kappa shape index (κ1) is 14.9. The van der Waals surface area contributed by atoms with Gasteiger partial charge in [0, 0.05) is 24.0 Å². The minimum atomic E-state index is -3.37. The summed E-state index contributed by atoms with van der Waals surface area (Å²) in [6.45, 7) is 2.53. The Morgan fingerprint density at radius 1 is 1.47 bits per heavy atom. The largest absolute Gasteiger partial charge is 0.315 e. The SMILES string of the molecule is CNCc1ccc(S(=O)(=O)NC2CCCN(C)C2)s1. The molecule has 1 saturated heterocycles. The van der Waals surface area contributed by atoms with Crippen LogP contribution in [0.4, 0.5) is 0 Å². The van der Waals surface area contributed by atoms with Gasteiger partial charge in [0.2, 0.25) is 10.0 Å². The minimum absolute atomic E-state index is 0.0265. The Balaban J connectivity index is 2.04. The predicted molar refractivity (Wildman–Crippen MR) is 77.9 cm³/mol. The van der Waals surface area contributed by atoms with Crippen LogP contribution in [0.5, 0.6) is 0 Å². The smallest absolute Gasteiger partial charge is 0.250 e. The molecule has 0 amide bonds. The zero-order valence-electron chi connectivity index (χ0n) is 11.3. The second kappa shape index (κ2) is 6.32. The second-order valence-electron chi connectivity index (χ2n) is 4.97. The van der Waals surface area contributed by atoms with Crippen LogP contribution in [0.15, 0.2) is 16.3 Å². The monoisotopic (exact) mass is 303 g/mol. The highest BCUT2D eigenvalue weighted by atomic mass is 32.2. The Labute approximate surface area is 119 Å². The van der Waals surface area contributed by atoms with Crippen molar-refractivity contribution >= 4 is 21.4 Å². The predicted octanol–water partition coefficient (Wildman–Crippen LogP) is 0.840. The fourth-order valence-electron chi connectivity index (χ4n) is 2.31. The summed E-state index contributed by atoms with van der Waals surface area (Å²) in [5.41, 5.74) is 0. The van der Waals surface area contributed by atoms with Crippen molar-refractivity contribution in [1.29, 1.82) is 0 Å². The highest BCUT2D eigenvalue weighted by Gasteiger charge is 2.24. The number of nitrogens with one attached hydrogen (secondary N) is 2. The number of hydrogen-bond donors (Lipinski definition) is 2. The molecule has 0 spiro atoms. The van der Waals surface area contributed by atoms with E-state index in [1.165, 1.54) is 11.3 Å². The fourth-order valence-corrected chi connectivity index (χ4v) is 4.96. The number of sulfonamides is 1. The lowest BCUT2D eigenvalue weighted by molar-refractivity contribution is 0.242. The lowest BCUT2D eigenvalue weighted by Gasteiger charge is -2.29. The number of likely N-dealkylation sites (tertiary alicyclic amines) is 1. The summed E-state index contributed by atoms with van der Waals surface area (Å²) in [5, 5.41) is 3.02. The summed E-state index contributed by atoms with van der Waals surface area (Å²) in [6.07, 6.45) is 1.96. The fraction of sp³-hybridized carbons (Fsp3) is 0.667. The van der Waals surface area contributed by atoms with Gasteiger partial charge < -0.3 is 10.2 Å². The lowest BCUT2D eigenvalue weighted by Crippen LogP contribution is -2.46. The molecule has 0 bridgehead atoms. The van der Waals surface area contributed by atoms with E-state index in [0.717, 1.165) is 30.8 Å². The topological polar surface area (TPSA) is 61.4 Å². The van der Waals surface area contributed by atoms with Crippen LogP contribution in [0.3, 0.4) is 0 Å². The molecule has 0 saturated carbocycles. The minimum Gasteiger partial charge on any atom is -0.315 e. The highest BCUT2D eigenvalue weighted by molar-refractivity contribution is 7.91. The molecule has 0 aliphatic carbocycles. The van der Waals surface area contributed by atoms with Crippen LogP contribution in [0.25, 0.3) is 0 Å². The molecule has 1 aliphatic heterocycles. The summed E-state index contributed by atoms with van der Waals surface area (Å²) in [4.78, 5) is 3.20.